The first-order valence-electron chi connectivity index (χ1n) is 4.76. The van der Waals surface area contributed by atoms with Crippen molar-refractivity contribution in [2.45, 2.75) is 24.1 Å². The highest BCUT2D eigenvalue weighted by Crippen LogP contribution is 2.41. The standard InChI is InChI=1S/C11H11Br2F/c12-9(5-7-1-2-7)8-3-4-11(14)10(13)6-8/h3-4,6-7,9H,1-2,5H2. The van der Waals surface area contributed by atoms with Crippen molar-refractivity contribution in [2.24, 2.45) is 5.92 Å². The molecule has 0 bridgehead atoms. The summed E-state index contributed by atoms with van der Waals surface area (Å²) in [4.78, 5) is 0.367. The van der Waals surface area contributed by atoms with Gasteiger partial charge in [0.15, 0.2) is 0 Å². The Morgan fingerprint density at radius 3 is 2.71 bits per heavy atom. The Balaban J connectivity index is 2.10. The van der Waals surface area contributed by atoms with E-state index in [2.05, 4.69) is 31.9 Å². The first kappa shape index (κ1) is 10.6. The molecule has 76 valence electrons. The van der Waals surface area contributed by atoms with E-state index in [4.69, 9.17) is 0 Å². The Bertz CT molecular complexity index is 334. The lowest BCUT2D eigenvalue weighted by atomic mass is 10.1. The summed E-state index contributed by atoms with van der Waals surface area (Å²) >= 11 is 6.84. The molecule has 1 aromatic rings. The molecule has 0 nitrogen and oxygen atoms in total. The second kappa shape index (κ2) is 4.31. The number of halogens is 3. The van der Waals surface area contributed by atoms with E-state index >= 15 is 0 Å². The molecule has 1 fully saturated rings. The molecule has 0 amide bonds. The molecule has 0 spiro atoms. The van der Waals surface area contributed by atoms with E-state index < -0.39 is 0 Å². The largest absolute Gasteiger partial charge is 0.206 e. The smallest absolute Gasteiger partial charge is 0.137 e. The summed E-state index contributed by atoms with van der Waals surface area (Å²) in [7, 11) is 0. The zero-order valence-corrected chi connectivity index (χ0v) is 10.8. The molecule has 0 saturated heterocycles. The molecule has 2 rings (SSSR count). The van der Waals surface area contributed by atoms with Gasteiger partial charge in [-0.05, 0) is 46.0 Å². The fourth-order valence-corrected chi connectivity index (χ4v) is 2.70. The van der Waals surface area contributed by atoms with Crippen LogP contribution in [-0.4, -0.2) is 0 Å². The third-order valence-electron chi connectivity index (χ3n) is 2.54. The first-order valence-corrected chi connectivity index (χ1v) is 6.46. The normalized spacial score (nSPS) is 18.2. The van der Waals surface area contributed by atoms with E-state index in [1.165, 1.54) is 18.9 Å². The average molecular weight is 322 g/mol. The van der Waals surface area contributed by atoms with Gasteiger partial charge < -0.3 is 0 Å². The van der Waals surface area contributed by atoms with Crippen molar-refractivity contribution in [2.75, 3.05) is 0 Å². The van der Waals surface area contributed by atoms with Gasteiger partial charge in [-0.25, -0.2) is 4.39 Å². The van der Waals surface area contributed by atoms with Gasteiger partial charge in [0.1, 0.15) is 5.82 Å². The molecule has 0 radical (unpaired) electrons. The fraction of sp³-hybridized carbons (Fsp3) is 0.455. The minimum Gasteiger partial charge on any atom is -0.206 e. The molecule has 0 heterocycles. The predicted octanol–water partition coefficient (Wildman–Crippen LogP) is 4.82. The van der Waals surface area contributed by atoms with Gasteiger partial charge in [0.25, 0.3) is 0 Å². The van der Waals surface area contributed by atoms with Crippen LogP contribution in [0.1, 0.15) is 29.7 Å². The third-order valence-corrected chi connectivity index (χ3v) is 4.05. The highest BCUT2D eigenvalue weighted by atomic mass is 79.9. The maximum atomic E-state index is 13.0. The van der Waals surface area contributed by atoms with Crippen molar-refractivity contribution in [3.8, 4) is 0 Å². The van der Waals surface area contributed by atoms with Crippen molar-refractivity contribution in [3.63, 3.8) is 0 Å². The van der Waals surface area contributed by atoms with E-state index in [-0.39, 0.29) is 5.82 Å². The number of rotatable bonds is 3. The summed E-state index contributed by atoms with van der Waals surface area (Å²) in [5.74, 6) is 0.683. The maximum absolute atomic E-state index is 13.0. The lowest BCUT2D eigenvalue weighted by Gasteiger charge is -2.09. The van der Waals surface area contributed by atoms with Crippen LogP contribution in [0, 0.1) is 11.7 Å². The van der Waals surface area contributed by atoms with Crippen molar-refractivity contribution in [1.29, 1.82) is 0 Å². The molecule has 1 atom stereocenters. The Hall–Kier alpha value is 0.110. The van der Waals surface area contributed by atoms with Gasteiger partial charge >= 0.3 is 0 Å². The van der Waals surface area contributed by atoms with Crippen molar-refractivity contribution < 1.29 is 4.39 Å². The minimum atomic E-state index is -0.195. The minimum absolute atomic E-state index is 0.195. The molecule has 1 aromatic carbocycles. The molecule has 0 aliphatic heterocycles. The number of hydrogen-bond donors (Lipinski definition) is 0. The van der Waals surface area contributed by atoms with E-state index in [1.807, 2.05) is 12.1 Å². The van der Waals surface area contributed by atoms with Crippen LogP contribution in [0.4, 0.5) is 4.39 Å². The topological polar surface area (TPSA) is 0 Å². The van der Waals surface area contributed by atoms with Crippen molar-refractivity contribution in [3.05, 3.63) is 34.1 Å². The van der Waals surface area contributed by atoms with E-state index in [9.17, 15) is 4.39 Å². The molecule has 0 N–H and O–H groups in total. The highest BCUT2D eigenvalue weighted by molar-refractivity contribution is 9.10. The van der Waals surface area contributed by atoms with Gasteiger partial charge in [-0.1, -0.05) is 34.8 Å². The van der Waals surface area contributed by atoms with E-state index in [1.54, 1.807) is 0 Å². The summed E-state index contributed by atoms with van der Waals surface area (Å²) in [6.45, 7) is 0. The molecular weight excluding hydrogens is 311 g/mol. The molecule has 3 heteroatoms. The Labute approximate surface area is 100 Å². The van der Waals surface area contributed by atoms with Crippen LogP contribution in [0.15, 0.2) is 22.7 Å². The molecule has 1 saturated carbocycles. The van der Waals surface area contributed by atoms with Crippen molar-refractivity contribution in [1.82, 2.24) is 0 Å². The Morgan fingerprint density at radius 1 is 1.43 bits per heavy atom. The van der Waals surface area contributed by atoms with E-state index in [0.29, 0.717) is 9.30 Å². The van der Waals surface area contributed by atoms with Crippen LogP contribution in [0.2, 0.25) is 0 Å². The number of alkyl halides is 1. The fourth-order valence-electron chi connectivity index (χ4n) is 1.49. The third kappa shape index (κ3) is 2.57. The predicted molar refractivity (Wildman–Crippen MR) is 63.1 cm³/mol. The zero-order valence-electron chi connectivity index (χ0n) is 7.64. The molecule has 14 heavy (non-hydrogen) atoms. The lowest BCUT2D eigenvalue weighted by molar-refractivity contribution is 0.619. The molecule has 1 unspecified atom stereocenters. The average Bonchev–Trinajstić information content (AvgIpc) is 2.93. The van der Waals surface area contributed by atoms with Crippen LogP contribution in [-0.2, 0) is 0 Å². The molecule has 1 aliphatic carbocycles. The van der Waals surface area contributed by atoms with Crippen LogP contribution in [0.25, 0.3) is 0 Å². The monoisotopic (exact) mass is 320 g/mol. The van der Waals surface area contributed by atoms with Crippen LogP contribution in [0.5, 0.6) is 0 Å². The summed E-state index contributed by atoms with van der Waals surface area (Å²) in [6.07, 6.45) is 3.87. The van der Waals surface area contributed by atoms with Crippen LogP contribution in [0.3, 0.4) is 0 Å². The number of benzene rings is 1. The van der Waals surface area contributed by atoms with Gasteiger partial charge in [-0.3, -0.25) is 0 Å². The van der Waals surface area contributed by atoms with Crippen molar-refractivity contribution >= 4 is 31.9 Å². The summed E-state index contributed by atoms with van der Waals surface area (Å²) in [6, 6.07) is 5.22. The van der Waals surface area contributed by atoms with Gasteiger partial charge in [0, 0.05) is 4.83 Å². The zero-order chi connectivity index (χ0) is 10.1. The summed E-state index contributed by atoms with van der Waals surface area (Å²) in [5.41, 5.74) is 1.16. The summed E-state index contributed by atoms with van der Waals surface area (Å²) in [5, 5.41) is 0. The quantitative estimate of drug-likeness (QED) is 0.700. The number of hydrogen-bond acceptors (Lipinski definition) is 0. The highest BCUT2D eigenvalue weighted by Gasteiger charge is 2.25. The molecule has 0 aromatic heterocycles. The maximum Gasteiger partial charge on any atom is 0.137 e. The molecule has 1 aliphatic rings. The van der Waals surface area contributed by atoms with Gasteiger partial charge in [0.2, 0.25) is 0 Å². The van der Waals surface area contributed by atoms with Gasteiger partial charge in [0.05, 0.1) is 4.47 Å². The Morgan fingerprint density at radius 2 is 2.14 bits per heavy atom. The van der Waals surface area contributed by atoms with Gasteiger partial charge in [-0.2, -0.15) is 0 Å². The molecular formula is C11H11Br2F. The first-order chi connectivity index (χ1) is 6.66. The summed E-state index contributed by atoms with van der Waals surface area (Å²) < 4.78 is 13.5. The Kier molecular flexibility index (Phi) is 3.27. The SMILES string of the molecule is Fc1ccc(C(Br)CC2CC2)cc1Br. The van der Waals surface area contributed by atoms with Crippen LogP contribution >= 0.6 is 31.9 Å². The second-order valence-electron chi connectivity index (χ2n) is 3.82. The van der Waals surface area contributed by atoms with Crippen LogP contribution < -0.4 is 0 Å². The van der Waals surface area contributed by atoms with E-state index in [0.717, 1.165) is 17.9 Å². The lowest BCUT2D eigenvalue weighted by Crippen LogP contribution is -1.92. The second-order valence-corrected chi connectivity index (χ2v) is 5.78. The van der Waals surface area contributed by atoms with Gasteiger partial charge in [-0.15, -0.1) is 0 Å².